The molecular weight excluding hydrogens is 290 g/mol. The van der Waals surface area contributed by atoms with Crippen molar-refractivity contribution in [3.63, 3.8) is 0 Å². The monoisotopic (exact) mass is 303 g/mol. The van der Waals surface area contributed by atoms with E-state index in [1.807, 2.05) is 6.92 Å². The first-order valence-corrected chi connectivity index (χ1v) is 6.56. The molecule has 10 nitrogen and oxygen atoms in total. The Hall–Kier alpha value is -2.88. The summed E-state index contributed by atoms with van der Waals surface area (Å²) < 4.78 is 7.19. The maximum atomic E-state index is 12.3. The third-order valence-electron chi connectivity index (χ3n) is 2.98. The summed E-state index contributed by atoms with van der Waals surface area (Å²) in [6.45, 7) is 1.76. The van der Waals surface area contributed by atoms with Gasteiger partial charge in [0.2, 0.25) is 0 Å². The van der Waals surface area contributed by atoms with E-state index in [9.17, 15) is 9.59 Å². The standard InChI is InChI=1S/C12H13N7O3/c1-3-8-13-12-15-14-10-7(19(12)16-8)4-5-18(11(10)21)17-9(20)6-22-2/h4-5H,3,6H2,1-2H3,(H,17,20). The molecule has 0 aliphatic carbocycles. The third kappa shape index (κ3) is 2.29. The summed E-state index contributed by atoms with van der Waals surface area (Å²) in [6, 6.07) is 1.61. The summed E-state index contributed by atoms with van der Waals surface area (Å²) in [7, 11) is 1.39. The molecule has 0 aromatic carbocycles. The molecule has 114 valence electrons. The number of methoxy groups -OCH3 is 1. The van der Waals surface area contributed by atoms with Gasteiger partial charge in [-0.3, -0.25) is 15.0 Å². The molecule has 0 atom stereocenters. The number of aromatic nitrogens is 6. The van der Waals surface area contributed by atoms with Crippen molar-refractivity contribution in [1.82, 2.24) is 29.5 Å². The van der Waals surface area contributed by atoms with Crippen molar-refractivity contribution in [2.45, 2.75) is 13.3 Å². The summed E-state index contributed by atoms with van der Waals surface area (Å²) in [4.78, 5) is 28.0. The number of amides is 1. The van der Waals surface area contributed by atoms with Crippen molar-refractivity contribution in [3.8, 4) is 0 Å². The lowest BCUT2D eigenvalue weighted by atomic mass is 10.4. The van der Waals surface area contributed by atoms with Crippen LogP contribution >= 0.6 is 0 Å². The lowest BCUT2D eigenvalue weighted by Gasteiger charge is -2.08. The van der Waals surface area contributed by atoms with Gasteiger partial charge >= 0.3 is 0 Å². The van der Waals surface area contributed by atoms with Crippen molar-refractivity contribution in [2.24, 2.45) is 0 Å². The summed E-state index contributed by atoms with van der Waals surface area (Å²) >= 11 is 0. The highest BCUT2D eigenvalue weighted by molar-refractivity contribution is 5.85. The van der Waals surface area contributed by atoms with E-state index < -0.39 is 11.5 Å². The van der Waals surface area contributed by atoms with Gasteiger partial charge in [0.25, 0.3) is 17.2 Å². The molecule has 0 unspecified atom stereocenters. The van der Waals surface area contributed by atoms with Gasteiger partial charge in [-0.25, -0.2) is 4.68 Å². The van der Waals surface area contributed by atoms with Gasteiger partial charge in [-0.15, -0.1) is 15.3 Å². The fraction of sp³-hybridized carbons (Fsp3) is 0.333. The van der Waals surface area contributed by atoms with Crippen molar-refractivity contribution in [3.05, 3.63) is 28.4 Å². The van der Waals surface area contributed by atoms with Gasteiger partial charge in [0.05, 0.1) is 0 Å². The van der Waals surface area contributed by atoms with Gasteiger partial charge in [-0.1, -0.05) is 6.92 Å². The minimum Gasteiger partial charge on any atom is -0.375 e. The Morgan fingerprint density at radius 1 is 1.41 bits per heavy atom. The van der Waals surface area contributed by atoms with E-state index >= 15 is 0 Å². The van der Waals surface area contributed by atoms with Gasteiger partial charge in [0.15, 0.2) is 11.3 Å². The molecule has 1 amide bonds. The van der Waals surface area contributed by atoms with Crippen LogP contribution in [0.5, 0.6) is 0 Å². The second kappa shape index (κ2) is 5.48. The lowest BCUT2D eigenvalue weighted by Crippen LogP contribution is -2.35. The number of nitrogens with one attached hydrogen (secondary N) is 1. The Labute approximate surface area is 123 Å². The molecule has 3 aromatic rings. The zero-order valence-corrected chi connectivity index (χ0v) is 12.0. The Bertz CT molecular complexity index is 914. The molecule has 3 rings (SSSR count). The van der Waals surface area contributed by atoms with E-state index in [0.717, 1.165) is 4.68 Å². The largest absolute Gasteiger partial charge is 0.375 e. The zero-order chi connectivity index (χ0) is 15.7. The van der Waals surface area contributed by atoms with E-state index in [0.29, 0.717) is 23.5 Å². The van der Waals surface area contributed by atoms with Gasteiger partial charge in [-0.2, -0.15) is 9.50 Å². The second-order valence-electron chi connectivity index (χ2n) is 4.49. The fourth-order valence-electron chi connectivity index (χ4n) is 1.98. The SMILES string of the molecule is CCc1nc2nnc3c(=O)n(NC(=O)COC)ccc3n2n1. The van der Waals surface area contributed by atoms with Crippen LogP contribution in [0.4, 0.5) is 0 Å². The van der Waals surface area contributed by atoms with Crippen molar-refractivity contribution < 1.29 is 9.53 Å². The molecule has 0 saturated carbocycles. The number of aryl methyl sites for hydroxylation is 1. The molecule has 0 saturated heterocycles. The first-order valence-electron chi connectivity index (χ1n) is 6.56. The highest BCUT2D eigenvalue weighted by atomic mass is 16.5. The summed E-state index contributed by atoms with van der Waals surface area (Å²) in [6.07, 6.45) is 2.07. The van der Waals surface area contributed by atoms with Crippen LogP contribution in [-0.2, 0) is 16.0 Å². The second-order valence-corrected chi connectivity index (χ2v) is 4.49. The minimum absolute atomic E-state index is 0.0836. The first kappa shape index (κ1) is 14.1. The highest BCUT2D eigenvalue weighted by Crippen LogP contribution is 2.07. The van der Waals surface area contributed by atoms with Crippen LogP contribution in [-0.4, -0.2) is 49.1 Å². The number of nitrogens with zero attached hydrogens (tertiary/aromatic N) is 6. The Morgan fingerprint density at radius 3 is 2.95 bits per heavy atom. The summed E-state index contributed by atoms with van der Waals surface area (Å²) in [5.41, 5.74) is 2.44. The average Bonchev–Trinajstić information content (AvgIpc) is 2.93. The molecule has 0 radical (unpaired) electrons. The van der Waals surface area contributed by atoms with Crippen LogP contribution in [0.1, 0.15) is 12.7 Å². The van der Waals surface area contributed by atoms with Crippen LogP contribution < -0.4 is 11.0 Å². The molecule has 0 bridgehead atoms. The predicted molar refractivity (Wildman–Crippen MR) is 76.0 cm³/mol. The van der Waals surface area contributed by atoms with Crippen molar-refractivity contribution in [1.29, 1.82) is 0 Å². The lowest BCUT2D eigenvalue weighted by molar-refractivity contribution is -0.120. The highest BCUT2D eigenvalue weighted by Gasteiger charge is 2.13. The number of carbonyl (C=O) groups excluding carboxylic acids is 1. The minimum atomic E-state index is -0.509. The number of pyridine rings is 1. The van der Waals surface area contributed by atoms with Crippen LogP contribution in [0.25, 0.3) is 16.8 Å². The maximum Gasteiger partial charge on any atom is 0.299 e. The summed E-state index contributed by atoms with van der Waals surface area (Å²) in [5.74, 6) is 0.483. The molecule has 0 spiro atoms. The smallest absolute Gasteiger partial charge is 0.299 e. The molecule has 0 aliphatic rings. The quantitative estimate of drug-likeness (QED) is 0.664. The number of carbonyl (C=O) groups is 1. The van der Waals surface area contributed by atoms with Gasteiger partial charge in [-0.05, 0) is 6.07 Å². The van der Waals surface area contributed by atoms with E-state index in [1.165, 1.54) is 17.8 Å². The first-order chi connectivity index (χ1) is 10.6. The number of hydrogen-bond acceptors (Lipinski definition) is 7. The molecular formula is C12H13N7O3. The third-order valence-corrected chi connectivity index (χ3v) is 2.98. The normalized spacial score (nSPS) is 11.2. The molecule has 3 aromatic heterocycles. The Balaban J connectivity index is 2.13. The summed E-state index contributed by atoms with van der Waals surface area (Å²) in [5, 5.41) is 12.0. The van der Waals surface area contributed by atoms with E-state index in [4.69, 9.17) is 4.74 Å². The van der Waals surface area contributed by atoms with Crippen LogP contribution in [0, 0.1) is 0 Å². The van der Waals surface area contributed by atoms with Gasteiger partial charge in [0.1, 0.15) is 12.1 Å². The predicted octanol–water partition coefficient (Wildman–Crippen LogP) is -0.887. The topological polar surface area (TPSA) is 116 Å². The van der Waals surface area contributed by atoms with Crippen molar-refractivity contribution >= 4 is 22.7 Å². The number of hydrogen-bond donors (Lipinski definition) is 1. The number of rotatable bonds is 4. The zero-order valence-electron chi connectivity index (χ0n) is 12.0. The fourth-order valence-corrected chi connectivity index (χ4v) is 1.98. The molecule has 3 heterocycles. The van der Waals surface area contributed by atoms with E-state index in [1.54, 1.807) is 6.07 Å². The maximum absolute atomic E-state index is 12.3. The Kier molecular flexibility index (Phi) is 3.51. The average molecular weight is 303 g/mol. The van der Waals surface area contributed by atoms with E-state index in [2.05, 4.69) is 25.7 Å². The Morgan fingerprint density at radius 2 is 2.23 bits per heavy atom. The molecule has 22 heavy (non-hydrogen) atoms. The van der Waals surface area contributed by atoms with Gasteiger partial charge < -0.3 is 4.74 Å². The van der Waals surface area contributed by atoms with E-state index in [-0.39, 0.29) is 12.1 Å². The van der Waals surface area contributed by atoms with Crippen LogP contribution in [0.2, 0.25) is 0 Å². The number of fused-ring (bicyclic) bond motifs is 3. The molecule has 10 heteroatoms. The van der Waals surface area contributed by atoms with Crippen LogP contribution in [0.3, 0.4) is 0 Å². The molecule has 0 fully saturated rings. The number of ether oxygens (including phenoxy) is 1. The molecule has 1 N–H and O–H groups in total. The molecule has 0 aliphatic heterocycles. The van der Waals surface area contributed by atoms with Gasteiger partial charge in [0, 0.05) is 19.7 Å². The van der Waals surface area contributed by atoms with Crippen LogP contribution in [0.15, 0.2) is 17.1 Å². The van der Waals surface area contributed by atoms with Crippen molar-refractivity contribution in [2.75, 3.05) is 19.1 Å².